The van der Waals surface area contributed by atoms with Gasteiger partial charge in [-0.05, 0) is 64.1 Å². The normalized spacial score (nSPS) is 13.8. The molecule has 0 bridgehead atoms. The molecule has 0 saturated carbocycles. The van der Waals surface area contributed by atoms with Crippen molar-refractivity contribution in [3.63, 3.8) is 0 Å². The summed E-state index contributed by atoms with van der Waals surface area (Å²) in [5.74, 6) is 1.72. The Morgan fingerprint density at radius 3 is 1.33 bits per heavy atom. The zero-order valence-electron chi connectivity index (χ0n) is 17.3. The second-order valence-corrected chi connectivity index (χ2v) is 7.70. The van der Waals surface area contributed by atoms with Crippen molar-refractivity contribution in [1.82, 2.24) is 0 Å². The van der Waals surface area contributed by atoms with E-state index in [0.29, 0.717) is 0 Å². The molecule has 0 aliphatic heterocycles. The van der Waals surface area contributed by atoms with Gasteiger partial charge in [0.1, 0.15) is 11.5 Å². The Morgan fingerprint density at radius 2 is 0.933 bits per heavy atom. The minimum absolute atomic E-state index is 0.399. The summed E-state index contributed by atoms with van der Waals surface area (Å²) < 4.78 is 10.9. The van der Waals surface area contributed by atoms with Gasteiger partial charge in [0.15, 0.2) is 0 Å². The predicted octanol–water partition coefficient (Wildman–Crippen LogP) is 5.99. The maximum Gasteiger partial charge on any atom is 0.118 e. The lowest BCUT2D eigenvalue weighted by molar-refractivity contribution is 0.414. The Balaban J connectivity index is 1.89. The van der Waals surface area contributed by atoms with Crippen LogP contribution in [0.15, 0.2) is 97.1 Å². The number of benzene rings is 4. The van der Waals surface area contributed by atoms with E-state index in [1.165, 1.54) is 33.4 Å². The maximum atomic E-state index is 5.45. The van der Waals surface area contributed by atoms with E-state index in [0.717, 1.165) is 17.9 Å². The summed E-state index contributed by atoms with van der Waals surface area (Å²) in [5, 5.41) is 0. The number of hydrogen-bond acceptors (Lipinski definition) is 2. The topological polar surface area (TPSA) is 18.5 Å². The van der Waals surface area contributed by atoms with Gasteiger partial charge in [0, 0.05) is 0 Å². The monoisotopic (exact) mass is 392 g/mol. The quantitative estimate of drug-likeness (QED) is 0.374. The summed E-state index contributed by atoms with van der Waals surface area (Å²) >= 11 is 0. The molecule has 0 saturated heterocycles. The van der Waals surface area contributed by atoms with Crippen LogP contribution in [0.5, 0.6) is 11.5 Å². The van der Waals surface area contributed by atoms with Gasteiger partial charge in [0.05, 0.1) is 19.6 Å². The molecule has 0 heterocycles. The second kappa shape index (κ2) is 7.38. The van der Waals surface area contributed by atoms with Gasteiger partial charge in [0.25, 0.3) is 0 Å². The van der Waals surface area contributed by atoms with Gasteiger partial charge in [-0.25, -0.2) is 0 Å². The third kappa shape index (κ3) is 2.72. The summed E-state index contributed by atoms with van der Waals surface area (Å²) in [4.78, 5) is 0. The summed E-state index contributed by atoms with van der Waals surface area (Å²) in [6, 6.07) is 34.7. The van der Waals surface area contributed by atoms with Crippen molar-refractivity contribution in [2.45, 2.75) is 11.8 Å². The maximum absolute atomic E-state index is 5.45. The van der Waals surface area contributed by atoms with E-state index in [4.69, 9.17) is 9.47 Å². The fourth-order valence-corrected chi connectivity index (χ4v) is 4.90. The number of rotatable bonds is 4. The van der Waals surface area contributed by atoms with Gasteiger partial charge >= 0.3 is 0 Å². The SMILES string of the molecule is COc1ccc(C2(c3ccc(OC)cc3)c3ccccc3Cc3ccccc32)cc1. The average molecular weight is 392 g/mol. The molecule has 0 spiro atoms. The fourth-order valence-electron chi connectivity index (χ4n) is 4.90. The van der Waals surface area contributed by atoms with Crippen LogP contribution in [0.3, 0.4) is 0 Å². The van der Waals surface area contributed by atoms with Gasteiger partial charge in [0.2, 0.25) is 0 Å². The van der Waals surface area contributed by atoms with Crippen molar-refractivity contribution >= 4 is 0 Å². The molecule has 1 aliphatic carbocycles. The van der Waals surface area contributed by atoms with E-state index in [1.54, 1.807) is 14.2 Å². The van der Waals surface area contributed by atoms with E-state index < -0.39 is 5.41 Å². The molecule has 0 aromatic heterocycles. The molecular formula is C28H24O2. The summed E-state index contributed by atoms with van der Waals surface area (Å²) in [7, 11) is 3.42. The zero-order chi connectivity index (χ0) is 20.6. The highest BCUT2D eigenvalue weighted by Crippen LogP contribution is 2.51. The Morgan fingerprint density at radius 1 is 0.533 bits per heavy atom. The van der Waals surface area contributed by atoms with E-state index in [1.807, 2.05) is 0 Å². The Labute approximate surface area is 177 Å². The Kier molecular flexibility index (Phi) is 4.55. The van der Waals surface area contributed by atoms with Gasteiger partial charge in [-0.15, -0.1) is 0 Å². The standard InChI is InChI=1S/C28H24O2/c1-29-24-15-11-22(12-16-24)28(23-13-17-25(30-2)18-14-23)26-9-5-3-7-20(26)19-21-8-4-6-10-27(21)28/h3-18H,19H2,1-2H3. The van der Waals surface area contributed by atoms with E-state index in [-0.39, 0.29) is 0 Å². The first kappa shape index (κ1) is 18.5. The molecule has 148 valence electrons. The minimum Gasteiger partial charge on any atom is -0.497 e. The van der Waals surface area contributed by atoms with Crippen molar-refractivity contribution in [1.29, 1.82) is 0 Å². The van der Waals surface area contributed by atoms with Crippen LogP contribution in [0, 0.1) is 0 Å². The van der Waals surface area contributed by atoms with E-state index >= 15 is 0 Å². The lowest BCUT2D eigenvalue weighted by Gasteiger charge is -2.42. The van der Waals surface area contributed by atoms with Gasteiger partial charge in [-0.3, -0.25) is 0 Å². The molecule has 5 rings (SSSR count). The lowest BCUT2D eigenvalue weighted by Crippen LogP contribution is -2.36. The van der Waals surface area contributed by atoms with E-state index in [9.17, 15) is 0 Å². The highest BCUT2D eigenvalue weighted by Gasteiger charge is 2.43. The summed E-state index contributed by atoms with van der Waals surface area (Å²) in [6.07, 6.45) is 0.945. The Hall–Kier alpha value is -3.52. The molecule has 1 aliphatic rings. The number of methoxy groups -OCH3 is 2. The first-order valence-electron chi connectivity index (χ1n) is 10.2. The molecule has 2 nitrogen and oxygen atoms in total. The summed E-state index contributed by atoms with van der Waals surface area (Å²) in [5.41, 5.74) is 7.45. The van der Waals surface area contributed by atoms with Crippen molar-refractivity contribution < 1.29 is 9.47 Å². The molecule has 0 atom stereocenters. The molecule has 2 heteroatoms. The minimum atomic E-state index is -0.399. The van der Waals surface area contributed by atoms with Crippen molar-refractivity contribution in [3.8, 4) is 11.5 Å². The highest BCUT2D eigenvalue weighted by atomic mass is 16.5. The molecule has 0 unspecified atom stereocenters. The Bertz CT molecular complexity index is 1080. The van der Waals surface area contributed by atoms with Crippen LogP contribution >= 0.6 is 0 Å². The molecule has 0 fully saturated rings. The number of hydrogen-bond donors (Lipinski definition) is 0. The zero-order valence-corrected chi connectivity index (χ0v) is 17.3. The van der Waals surface area contributed by atoms with Crippen molar-refractivity contribution in [2.75, 3.05) is 14.2 Å². The number of fused-ring (bicyclic) bond motifs is 2. The second-order valence-electron chi connectivity index (χ2n) is 7.70. The van der Waals surface area contributed by atoms with Crippen molar-refractivity contribution in [2.24, 2.45) is 0 Å². The van der Waals surface area contributed by atoms with Gasteiger partial charge < -0.3 is 9.47 Å². The first-order valence-corrected chi connectivity index (χ1v) is 10.2. The highest BCUT2D eigenvalue weighted by molar-refractivity contribution is 5.67. The van der Waals surface area contributed by atoms with Crippen LogP contribution in [0.1, 0.15) is 33.4 Å². The first-order chi connectivity index (χ1) is 14.8. The fraction of sp³-hybridized carbons (Fsp3) is 0.143. The average Bonchev–Trinajstić information content (AvgIpc) is 2.83. The third-order valence-corrected chi connectivity index (χ3v) is 6.27. The molecule has 0 amide bonds. The number of ether oxygens (including phenoxy) is 2. The molecule has 0 radical (unpaired) electrons. The van der Waals surface area contributed by atoms with Crippen LogP contribution in [-0.2, 0) is 11.8 Å². The molecule has 0 N–H and O–H groups in total. The van der Waals surface area contributed by atoms with E-state index in [2.05, 4.69) is 97.1 Å². The smallest absolute Gasteiger partial charge is 0.118 e. The largest absolute Gasteiger partial charge is 0.497 e. The van der Waals surface area contributed by atoms with Crippen LogP contribution in [0.25, 0.3) is 0 Å². The molecular weight excluding hydrogens is 368 g/mol. The molecule has 4 aromatic rings. The van der Waals surface area contributed by atoms with Crippen LogP contribution in [0.4, 0.5) is 0 Å². The van der Waals surface area contributed by atoms with Crippen LogP contribution < -0.4 is 9.47 Å². The summed E-state index contributed by atoms with van der Waals surface area (Å²) in [6.45, 7) is 0. The molecule has 30 heavy (non-hydrogen) atoms. The van der Waals surface area contributed by atoms with Gasteiger partial charge in [-0.1, -0.05) is 72.8 Å². The van der Waals surface area contributed by atoms with Crippen LogP contribution in [0.2, 0.25) is 0 Å². The predicted molar refractivity (Wildman–Crippen MR) is 121 cm³/mol. The van der Waals surface area contributed by atoms with Crippen LogP contribution in [-0.4, -0.2) is 14.2 Å². The molecule has 4 aromatic carbocycles. The van der Waals surface area contributed by atoms with Crippen molar-refractivity contribution in [3.05, 3.63) is 130 Å². The lowest BCUT2D eigenvalue weighted by atomic mass is 9.60. The third-order valence-electron chi connectivity index (χ3n) is 6.27. The van der Waals surface area contributed by atoms with Gasteiger partial charge in [-0.2, -0.15) is 0 Å².